The zero-order valence-electron chi connectivity index (χ0n) is 12.8. The largest absolute Gasteiger partial charge is 0.355 e. The van der Waals surface area contributed by atoms with E-state index in [1.807, 2.05) is 0 Å². The van der Waals surface area contributed by atoms with Crippen molar-refractivity contribution < 1.29 is 4.79 Å². The molecule has 1 aliphatic rings. The minimum Gasteiger partial charge on any atom is -0.355 e. The standard InChI is InChI=1S/C17H26N2O/c1-13-7-4-5-9-15(13)17(2,3)12-19-16(20)11-14-8-6-10-18-14/h4-5,7,9,14,18H,6,8,10-12H2,1-3H3,(H,19,20). The number of hydrogen-bond acceptors (Lipinski definition) is 2. The third-order valence-electron chi connectivity index (χ3n) is 4.20. The normalized spacial score (nSPS) is 19.1. The van der Waals surface area contributed by atoms with Crippen molar-refractivity contribution in [2.75, 3.05) is 13.1 Å². The molecule has 1 aromatic carbocycles. The second kappa shape index (κ2) is 6.40. The lowest BCUT2D eigenvalue weighted by atomic mass is 9.82. The Morgan fingerprint density at radius 2 is 2.15 bits per heavy atom. The van der Waals surface area contributed by atoms with Crippen molar-refractivity contribution in [3.63, 3.8) is 0 Å². The van der Waals surface area contributed by atoms with Gasteiger partial charge >= 0.3 is 0 Å². The number of amides is 1. The monoisotopic (exact) mass is 274 g/mol. The lowest BCUT2D eigenvalue weighted by Crippen LogP contribution is -2.39. The van der Waals surface area contributed by atoms with Gasteiger partial charge in [0.1, 0.15) is 0 Å². The molecule has 110 valence electrons. The SMILES string of the molecule is Cc1ccccc1C(C)(C)CNC(=O)CC1CCCN1. The molecule has 0 aromatic heterocycles. The Bertz CT molecular complexity index is 462. The van der Waals surface area contributed by atoms with Crippen LogP contribution in [0.15, 0.2) is 24.3 Å². The molecule has 3 heteroatoms. The lowest BCUT2D eigenvalue weighted by molar-refractivity contribution is -0.121. The van der Waals surface area contributed by atoms with Crippen LogP contribution in [-0.2, 0) is 10.2 Å². The summed E-state index contributed by atoms with van der Waals surface area (Å²) in [5, 5.41) is 6.46. The number of aryl methyl sites for hydroxylation is 1. The van der Waals surface area contributed by atoms with Gasteiger partial charge in [-0.15, -0.1) is 0 Å². The molecule has 1 atom stereocenters. The Morgan fingerprint density at radius 1 is 1.40 bits per heavy atom. The van der Waals surface area contributed by atoms with Crippen LogP contribution in [0.3, 0.4) is 0 Å². The second-order valence-electron chi connectivity index (χ2n) is 6.47. The molecule has 0 saturated carbocycles. The van der Waals surface area contributed by atoms with E-state index in [2.05, 4.69) is 55.7 Å². The highest BCUT2D eigenvalue weighted by Gasteiger charge is 2.24. The minimum absolute atomic E-state index is 0.0376. The fourth-order valence-electron chi connectivity index (χ4n) is 2.97. The van der Waals surface area contributed by atoms with Gasteiger partial charge < -0.3 is 10.6 Å². The molecule has 1 aliphatic heterocycles. The highest BCUT2D eigenvalue weighted by molar-refractivity contribution is 5.76. The lowest BCUT2D eigenvalue weighted by Gasteiger charge is -2.27. The van der Waals surface area contributed by atoms with Crippen LogP contribution in [0.2, 0.25) is 0 Å². The molecule has 0 aliphatic carbocycles. The summed E-state index contributed by atoms with van der Waals surface area (Å²) in [5.74, 6) is 0.158. The van der Waals surface area contributed by atoms with Gasteiger partial charge in [-0.05, 0) is 37.4 Å². The molecule has 2 rings (SSSR count). The highest BCUT2D eigenvalue weighted by Crippen LogP contribution is 2.25. The third kappa shape index (κ3) is 3.83. The maximum Gasteiger partial charge on any atom is 0.221 e. The maximum atomic E-state index is 12.0. The van der Waals surface area contributed by atoms with E-state index in [1.165, 1.54) is 17.5 Å². The number of rotatable bonds is 5. The van der Waals surface area contributed by atoms with Crippen LogP contribution in [-0.4, -0.2) is 25.0 Å². The summed E-state index contributed by atoms with van der Waals surface area (Å²) < 4.78 is 0. The van der Waals surface area contributed by atoms with Crippen molar-refractivity contribution in [3.05, 3.63) is 35.4 Å². The fourth-order valence-corrected chi connectivity index (χ4v) is 2.97. The summed E-state index contributed by atoms with van der Waals surface area (Å²) in [6, 6.07) is 8.77. The van der Waals surface area contributed by atoms with E-state index in [9.17, 15) is 4.79 Å². The first-order valence-corrected chi connectivity index (χ1v) is 7.55. The van der Waals surface area contributed by atoms with E-state index in [0.29, 0.717) is 19.0 Å². The first-order chi connectivity index (χ1) is 9.49. The zero-order valence-corrected chi connectivity index (χ0v) is 12.8. The Labute approximate surface area is 122 Å². The van der Waals surface area contributed by atoms with Gasteiger partial charge in [-0.25, -0.2) is 0 Å². The van der Waals surface area contributed by atoms with Gasteiger partial charge in [0.05, 0.1) is 0 Å². The van der Waals surface area contributed by atoms with Crippen LogP contribution in [0.1, 0.15) is 44.2 Å². The molecule has 1 unspecified atom stereocenters. The van der Waals surface area contributed by atoms with E-state index >= 15 is 0 Å². The van der Waals surface area contributed by atoms with E-state index in [4.69, 9.17) is 0 Å². The first-order valence-electron chi connectivity index (χ1n) is 7.55. The smallest absolute Gasteiger partial charge is 0.221 e. The molecule has 1 amide bonds. The molecule has 1 aromatic rings. The molecule has 20 heavy (non-hydrogen) atoms. The van der Waals surface area contributed by atoms with Gasteiger partial charge in [-0.2, -0.15) is 0 Å². The molecule has 1 heterocycles. The molecular formula is C17H26N2O. The van der Waals surface area contributed by atoms with Crippen LogP contribution in [0, 0.1) is 6.92 Å². The molecule has 3 nitrogen and oxygen atoms in total. The van der Waals surface area contributed by atoms with Gasteiger partial charge in [-0.3, -0.25) is 4.79 Å². The van der Waals surface area contributed by atoms with Crippen molar-refractivity contribution in [1.82, 2.24) is 10.6 Å². The molecule has 0 bridgehead atoms. The molecule has 0 spiro atoms. The summed E-state index contributed by atoms with van der Waals surface area (Å²) in [6.45, 7) is 8.23. The number of carbonyl (C=O) groups excluding carboxylic acids is 1. The predicted octanol–water partition coefficient (Wildman–Crippen LogP) is 2.53. The topological polar surface area (TPSA) is 41.1 Å². The number of hydrogen-bond donors (Lipinski definition) is 2. The van der Waals surface area contributed by atoms with Crippen LogP contribution in [0.25, 0.3) is 0 Å². The van der Waals surface area contributed by atoms with Crippen LogP contribution >= 0.6 is 0 Å². The Morgan fingerprint density at radius 3 is 2.80 bits per heavy atom. The Kier molecular flexibility index (Phi) is 4.81. The molecular weight excluding hydrogens is 248 g/mol. The molecule has 1 saturated heterocycles. The molecule has 1 fully saturated rings. The fraction of sp³-hybridized carbons (Fsp3) is 0.588. The summed E-state index contributed by atoms with van der Waals surface area (Å²) in [5.41, 5.74) is 2.55. The Hall–Kier alpha value is -1.35. The number of carbonyl (C=O) groups is 1. The average molecular weight is 274 g/mol. The van der Waals surface area contributed by atoms with Crippen molar-refractivity contribution >= 4 is 5.91 Å². The van der Waals surface area contributed by atoms with Gasteiger partial charge in [0.2, 0.25) is 5.91 Å². The predicted molar refractivity (Wildman–Crippen MR) is 82.9 cm³/mol. The maximum absolute atomic E-state index is 12.0. The Balaban J connectivity index is 1.88. The number of benzene rings is 1. The van der Waals surface area contributed by atoms with E-state index in [0.717, 1.165) is 13.0 Å². The van der Waals surface area contributed by atoms with E-state index in [-0.39, 0.29) is 11.3 Å². The first kappa shape index (κ1) is 15.0. The number of nitrogens with one attached hydrogen (secondary N) is 2. The van der Waals surface area contributed by atoms with Crippen LogP contribution < -0.4 is 10.6 Å². The van der Waals surface area contributed by atoms with Gasteiger partial charge in [-0.1, -0.05) is 38.1 Å². The molecule has 2 N–H and O–H groups in total. The van der Waals surface area contributed by atoms with Crippen LogP contribution in [0.5, 0.6) is 0 Å². The quantitative estimate of drug-likeness (QED) is 0.866. The third-order valence-corrected chi connectivity index (χ3v) is 4.20. The highest BCUT2D eigenvalue weighted by atomic mass is 16.1. The van der Waals surface area contributed by atoms with E-state index in [1.54, 1.807) is 0 Å². The van der Waals surface area contributed by atoms with Crippen molar-refractivity contribution in [1.29, 1.82) is 0 Å². The van der Waals surface area contributed by atoms with Crippen molar-refractivity contribution in [2.45, 2.75) is 51.5 Å². The average Bonchev–Trinajstić information content (AvgIpc) is 2.90. The zero-order chi connectivity index (χ0) is 14.6. The summed E-state index contributed by atoms with van der Waals surface area (Å²) in [4.78, 5) is 12.0. The van der Waals surface area contributed by atoms with Crippen molar-refractivity contribution in [2.24, 2.45) is 0 Å². The summed E-state index contributed by atoms with van der Waals surface area (Å²) >= 11 is 0. The van der Waals surface area contributed by atoms with Gasteiger partial charge in [0, 0.05) is 24.4 Å². The summed E-state index contributed by atoms with van der Waals surface area (Å²) in [7, 11) is 0. The molecule has 0 radical (unpaired) electrons. The van der Waals surface area contributed by atoms with Crippen LogP contribution in [0.4, 0.5) is 0 Å². The van der Waals surface area contributed by atoms with Gasteiger partial charge in [0.25, 0.3) is 0 Å². The summed E-state index contributed by atoms with van der Waals surface area (Å²) in [6.07, 6.45) is 2.91. The van der Waals surface area contributed by atoms with Crippen molar-refractivity contribution in [3.8, 4) is 0 Å². The van der Waals surface area contributed by atoms with E-state index < -0.39 is 0 Å². The van der Waals surface area contributed by atoms with Gasteiger partial charge in [0.15, 0.2) is 0 Å². The minimum atomic E-state index is -0.0376. The second-order valence-corrected chi connectivity index (χ2v) is 6.47.